The maximum Gasteiger partial charge on any atom is 0.240 e. The lowest BCUT2D eigenvalue weighted by Crippen LogP contribution is -2.39. The zero-order valence-corrected chi connectivity index (χ0v) is 19.1. The third-order valence-electron chi connectivity index (χ3n) is 4.95. The van der Waals surface area contributed by atoms with Gasteiger partial charge in [0.15, 0.2) is 0 Å². The molecule has 0 bridgehead atoms. The summed E-state index contributed by atoms with van der Waals surface area (Å²) in [5.74, 6) is 1.23. The van der Waals surface area contributed by atoms with Gasteiger partial charge in [0.05, 0.1) is 29.8 Å². The van der Waals surface area contributed by atoms with Gasteiger partial charge in [-0.1, -0.05) is 32.1 Å². The first kappa shape index (κ1) is 23.1. The van der Waals surface area contributed by atoms with Gasteiger partial charge in [0, 0.05) is 18.8 Å². The number of rotatable bonds is 11. The van der Waals surface area contributed by atoms with Crippen LogP contribution < -0.4 is 4.72 Å². The maximum absolute atomic E-state index is 12.9. The van der Waals surface area contributed by atoms with Crippen LogP contribution in [0.4, 0.5) is 0 Å². The Hall–Kier alpha value is -2.55. The normalized spacial score (nSPS) is 13.0. The van der Waals surface area contributed by atoms with E-state index < -0.39 is 10.0 Å². The van der Waals surface area contributed by atoms with Crippen molar-refractivity contribution < 1.29 is 13.2 Å². The van der Waals surface area contributed by atoms with Gasteiger partial charge in [-0.2, -0.15) is 0 Å². The molecule has 0 aliphatic carbocycles. The summed E-state index contributed by atoms with van der Waals surface area (Å²) in [4.78, 5) is 8.88. The summed E-state index contributed by atoms with van der Waals surface area (Å²) in [5, 5.41) is 0. The molecule has 8 heteroatoms. The van der Waals surface area contributed by atoms with Crippen molar-refractivity contribution in [3.8, 4) is 0 Å². The van der Waals surface area contributed by atoms with E-state index in [2.05, 4.69) is 39.7 Å². The molecule has 1 atom stereocenters. The fourth-order valence-corrected chi connectivity index (χ4v) is 4.79. The number of aromatic nitrogens is 3. The number of imidazole rings is 1. The highest BCUT2D eigenvalue weighted by Gasteiger charge is 2.21. The summed E-state index contributed by atoms with van der Waals surface area (Å²) in [7, 11) is -3.65. The van der Waals surface area contributed by atoms with Gasteiger partial charge in [-0.25, -0.2) is 18.1 Å². The molecule has 0 aliphatic rings. The Bertz CT molecular complexity index is 1120. The van der Waals surface area contributed by atoms with Crippen molar-refractivity contribution in [2.75, 3.05) is 13.2 Å². The van der Waals surface area contributed by atoms with Gasteiger partial charge in [0.25, 0.3) is 0 Å². The summed E-state index contributed by atoms with van der Waals surface area (Å²) in [6, 6.07) is 8.61. The first-order chi connectivity index (χ1) is 14.8. The fraction of sp³-hybridized carbons (Fsp3) is 0.391. The molecule has 0 saturated carbocycles. The zero-order chi connectivity index (χ0) is 22.4. The molecule has 0 aliphatic heterocycles. The number of nitrogens with zero attached hydrogens (tertiary/aromatic N) is 3. The van der Waals surface area contributed by atoms with Gasteiger partial charge in [0.1, 0.15) is 11.3 Å². The number of benzene rings is 1. The van der Waals surface area contributed by atoms with Crippen LogP contribution in [-0.4, -0.2) is 42.2 Å². The van der Waals surface area contributed by atoms with Crippen LogP contribution in [0.1, 0.15) is 31.7 Å². The maximum atomic E-state index is 12.9. The number of hydrogen-bond donors (Lipinski definition) is 1. The summed E-state index contributed by atoms with van der Waals surface area (Å²) < 4.78 is 36.2. The summed E-state index contributed by atoms with van der Waals surface area (Å²) in [6.45, 7) is 11.0. The van der Waals surface area contributed by atoms with Gasteiger partial charge in [-0.05, 0) is 43.0 Å². The number of fused-ring (bicyclic) bond motifs is 1. The van der Waals surface area contributed by atoms with Crippen LogP contribution in [0.2, 0.25) is 0 Å². The van der Waals surface area contributed by atoms with Gasteiger partial charge >= 0.3 is 0 Å². The molecule has 3 aromatic rings. The van der Waals surface area contributed by atoms with Crippen LogP contribution in [0, 0.1) is 12.8 Å². The van der Waals surface area contributed by atoms with E-state index in [1.807, 2.05) is 25.1 Å². The van der Waals surface area contributed by atoms with Crippen molar-refractivity contribution >= 4 is 21.1 Å². The highest BCUT2D eigenvalue weighted by atomic mass is 32.2. The predicted molar refractivity (Wildman–Crippen MR) is 122 cm³/mol. The van der Waals surface area contributed by atoms with Crippen molar-refractivity contribution in [3.63, 3.8) is 0 Å². The lowest BCUT2D eigenvalue weighted by atomic mass is 10.1. The number of pyridine rings is 1. The van der Waals surface area contributed by atoms with E-state index in [0.29, 0.717) is 32.1 Å². The number of ether oxygens (including phenoxy) is 1. The minimum Gasteiger partial charge on any atom is -0.376 e. The zero-order valence-electron chi connectivity index (χ0n) is 18.3. The molecule has 1 N–H and O–H groups in total. The molecule has 2 heterocycles. The Kier molecular flexibility index (Phi) is 7.59. The summed E-state index contributed by atoms with van der Waals surface area (Å²) in [6.07, 6.45) is 5.83. The van der Waals surface area contributed by atoms with Crippen molar-refractivity contribution in [2.45, 2.75) is 44.7 Å². The SMILES string of the molecule is C=CCOC[C@H](CC(C)C)NS(=O)(=O)c1ccc(Cn2c(C)nc3cnccc32)cc1. The van der Waals surface area contributed by atoms with Crippen LogP contribution in [-0.2, 0) is 21.3 Å². The van der Waals surface area contributed by atoms with Crippen LogP contribution in [0.5, 0.6) is 0 Å². The van der Waals surface area contributed by atoms with E-state index in [1.54, 1.807) is 30.6 Å². The molecule has 2 aromatic heterocycles. The number of sulfonamides is 1. The van der Waals surface area contributed by atoms with Gasteiger partial charge in [0.2, 0.25) is 10.0 Å². The van der Waals surface area contributed by atoms with Gasteiger partial charge in [-0.15, -0.1) is 6.58 Å². The second-order valence-corrected chi connectivity index (χ2v) is 9.74. The van der Waals surface area contributed by atoms with Crippen LogP contribution in [0.3, 0.4) is 0 Å². The van der Waals surface area contributed by atoms with E-state index in [1.165, 1.54) is 0 Å². The highest BCUT2D eigenvalue weighted by molar-refractivity contribution is 7.89. The second kappa shape index (κ2) is 10.2. The molecule has 166 valence electrons. The lowest BCUT2D eigenvalue weighted by Gasteiger charge is -2.20. The summed E-state index contributed by atoms with van der Waals surface area (Å²) >= 11 is 0. The van der Waals surface area contributed by atoms with E-state index >= 15 is 0 Å². The van der Waals surface area contributed by atoms with Gasteiger partial charge < -0.3 is 9.30 Å². The molecular formula is C23H30N4O3S. The minimum atomic E-state index is -3.65. The molecule has 31 heavy (non-hydrogen) atoms. The van der Waals surface area contributed by atoms with Crippen LogP contribution >= 0.6 is 0 Å². The molecule has 0 fully saturated rings. The lowest BCUT2D eigenvalue weighted by molar-refractivity contribution is 0.135. The molecule has 1 aromatic carbocycles. The molecule has 7 nitrogen and oxygen atoms in total. The Morgan fingerprint density at radius 3 is 2.65 bits per heavy atom. The average molecular weight is 443 g/mol. The highest BCUT2D eigenvalue weighted by Crippen LogP contribution is 2.18. The smallest absolute Gasteiger partial charge is 0.240 e. The van der Waals surface area contributed by atoms with Crippen LogP contribution in [0.25, 0.3) is 11.0 Å². The Morgan fingerprint density at radius 2 is 1.97 bits per heavy atom. The second-order valence-electron chi connectivity index (χ2n) is 8.03. The first-order valence-corrected chi connectivity index (χ1v) is 11.8. The first-order valence-electron chi connectivity index (χ1n) is 10.4. The molecule has 0 radical (unpaired) electrons. The summed E-state index contributed by atoms with van der Waals surface area (Å²) in [5.41, 5.74) is 2.84. The van der Waals surface area contributed by atoms with Crippen molar-refractivity contribution in [3.05, 3.63) is 66.8 Å². The van der Waals surface area contributed by atoms with E-state index in [0.717, 1.165) is 22.4 Å². The number of nitrogens with one attached hydrogen (secondary N) is 1. The minimum absolute atomic E-state index is 0.241. The Morgan fingerprint density at radius 1 is 1.23 bits per heavy atom. The molecule has 0 saturated heterocycles. The Labute approximate surface area is 184 Å². The third kappa shape index (κ3) is 6.00. The third-order valence-corrected chi connectivity index (χ3v) is 6.48. The number of aryl methyl sites for hydroxylation is 1. The topological polar surface area (TPSA) is 86.1 Å². The van der Waals surface area contributed by atoms with E-state index in [9.17, 15) is 8.42 Å². The predicted octanol–water partition coefficient (Wildman–Crippen LogP) is 3.68. The quantitative estimate of drug-likeness (QED) is 0.362. The fourth-order valence-electron chi connectivity index (χ4n) is 3.56. The molecule has 0 spiro atoms. The average Bonchev–Trinajstić information content (AvgIpc) is 3.03. The van der Waals surface area contributed by atoms with E-state index in [4.69, 9.17) is 4.74 Å². The molecule has 0 unspecified atom stereocenters. The van der Waals surface area contributed by atoms with E-state index in [-0.39, 0.29) is 10.9 Å². The number of hydrogen-bond acceptors (Lipinski definition) is 5. The van der Waals surface area contributed by atoms with Crippen molar-refractivity contribution in [2.24, 2.45) is 5.92 Å². The largest absolute Gasteiger partial charge is 0.376 e. The van der Waals surface area contributed by atoms with Crippen molar-refractivity contribution in [1.82, 2.24) is 19.3 Å². The molecule has 3 rings (SSSR count). The van der Waals surface area contributed by atoms with Crippen LogP contribution in [0.15, 0.2) is 60.3 Å². The standard InChI is InChI=1S/C23H30N4O3S/c1-5-12-30-16-20(13-17(2)3)26-31(28,29)21-8-6-19(7-9-21)15-27-18(4)25-22-14-24-11-10-23(22)27/h5-11,14,17,20,26H,1,12-13,15-16H2,2-4H3/t20-/m0/s1. The van der Waals surface area contributed by atoms with Gasteiger partial charge in [-0.3, -0.25) is 4.98 Å². The molecule has 0 amide bonds. The Balaban J connectivity index is 1.74. The molecular weight excluding hydrogens is 412 g/mol. The van der Waals surface area contributed by atoms with Crippen molar-refractivity contribution in [1.29, 1.82) is 0 Å². The monoisotopic (exact) mass is 442 g/mol.